The van der Waals surface area contributed by atoms with Crippen molar-refractivity contribution in [3.05, 3.63) is 24.4 Å². The van der Waals surface area contributed by atoms with Crippen molar-refractivity contribution >= 4 is 35.8 Å². The number of nitrogens with two attached hydrogens (primary N) is 1. The molecular weight excluding hydrogens is 355 g/mol. The number of fused-ring (bicyclic) bond motifs is 1. The van der Waals surface area contributed by atoms with Crippen LogP contribution in [0.1, 0.15) is 19.3 Å². The second kappa shape index (κ2) is 6.51. The summed E-state index contributed by atoms with van der Waals surface area (Å²) < 4.78 is 5.66. The van der Waals surface area contributed by atoms with E-state index in [4.69, 9.17) is 10.5 Å². The number of nitrogens with one attached hydrogen (secondary N) is 1. The summed E-state index contributed by atoms with van der Waals surface area (Å²) in [6.45, 7) is 0.902. The van der Waals surface area contributed by atoms with Crippen LogP contribution in [0.4, 0.5) is 5.82 Å². The van der Waals surface area contributed by atoms with Gasteiger partial charge in [-0.25, -0.2) is 9.98 Å². The molecule has 5 nitrogen and oxygen atoms in total. The number of anilines is 1. The lowest BCUT2D eigenvalue weighted by Gasteiger charge is -2.45. The Balaban J connectivity index is 0.00000133. The number of nitrogens with zero attached hydrogens (tertiary/aromatic N) is 2. The van der Waals surface area contributed by atoms with Crippen LogP contribution in [0.3, 0.4) is 0 Å². The maximum Gasteiger partial charge on any atom is 0.194 e. The first-order valence-electron chi connectivity index (χ1n) is 6.46. The Morgan fingerprint density at radius 2 is 2.37 bits per heavy atom. The first-order valence-corrected chi connectivity index (χ1v) is 6.46. The predicted octanol–water partition coefficient (Wildman–Crippen LogP) is 1.99. The van der Waals surface area contributed by atoms with E-state index in [0.717, 1.165) is 25.3 Å². The first-order chi connectivity index (χ1) is 8.83. The Morgan fingerprint density at radius 3 is 3.11 bits per heavy atom. The van der Waals surface area contributed by atoms with Gasteiger partial charge in [0.05, 0.1) is 12.1 Å². The molecule has 2 aliphatic rings. The Hall–Kier alpha value is -0.890. The largest absolute Gasteiger partial charge is 0.378 e. The van der Waals surface area contributed by atoms with E-state index in [1.807, 2.05) is 18.2 Å². The van der Waals surface area contributed by atoms with E-state index < -0.39 is 0 Å². The normalized spacial score (nSPS) is 29.7. The molecule has 3 N–H and O–H groups in total. The molecule has 2 heterocycles. The number of pyridine rings is 1. The van der Waals surface area contributed by atoms with Gasteiger partial charge in [-0.05, 0) is 31.4 Å². The molecule has 0 aromatic carbocycles. The average Bonchev–Trinajstić information content (AvgIpc) is 2.37. The predicted molar refractivity (Wildman–Crippen MR) is 85.8 cm³/mol. The van der Waals surface area contributed by atoms with Gasteiger partial charge >= 0.3 is 0 Å². The fourth-order valence-electron chi connectivity index (χ4n) is 2.69. The molecular formula is C13H19IN4O. The molecule has 3 unspecified atom stereocenters. The maximum absolute atomic E-state index is 5.90. The monoisotopic (exact) mass is 374 g/mol. The Morgan fingerprint density at radius 1 is 1.47 bits per heavy atom. The number of rotatable bonds is 2. The molecule has 0 amide bonds. The molecule has 3 rings (SSSR count). The summed E-state index contributed by atoms with van der Waals surface area (Å²) in [7, 11) is 0. The smallest absolute Gasteiger partial charge is 0.194 e. The van der Waals surface area contributed by atoms with Gasteiger partial charge in [-0.1, -0.05) is 6.07 Å². The molecule has 104 valence electrons. The highest BCUT2D eigenvalue weighted by Gasteiger charge is 2.43. The zero-order valence-electron chi connectivity index (χ0n) is 10.7. The number of ether oxygens (including phenoxy) is 1. The lowest BCUT2D eigenvalue weighted by Crippen LogP contribution is -2.49. The molecule has 2 fully saturated rings. The van der Waals surface area contributed by atoms with Gasteiger partial charge in [0.1, 0.15) is 5.82 Å². The zero-order valence-corrected chi connectivity index (χ0v) is 13.0. The van der Waals surface area contributed by atoms with Crippen LogP contribution in [0.15, 0.2) is 29.4 Å². The molecule has 3 atom stereocenters. The van der Waals surface area contributed by atoms with Gasteiger partial charge in [0.15, 0.2) is 5.96 Å². The molecule has 1 aromatic heterocycles. The van der Waals surface area contributed by atoms with Gasteiger partial charge in [-0.15, -0.1) is 24.0 Å². The van der Waals surface area contributed by atoms with Crippen LogP contribution in [0.5, 0.6) is 0 Å². The number of hydrogen-bond donors (Lipinski definition) is 2. The zero-order chi connectivity index (χ0) is 12.4. The molecule has 1 aliphatic heterocycles. The minimum absolute atomic E-state index is 0. The van der Waals surface area contributed by atoms with E-state index in [2.05, 4.69) is 15.3 Å². The third-order valence-electron chi connectivity index (χ3n) is 3.69. The second-order valence-electron chi connectivity index (χ2n) is 4.87. The first kappa shape index (κ1) is 14.5. The van der Waals surface area contributed by atoms with Crippen molar-refractivity contribution in [3.8, 4) is 0 Å². The molecule has 1 aliphatic carbocycles. The summed E-state index contributed by atoms with van der Waals surface area (Å²) >= 11 is 0. The number of halogens is 1. The summed E-state index contributed by atoms with van der Waals surface area (Å²) in [4.78, 5) is 8.68. The molecule has 19 heavy (non-hydrogen) atoms. The van der Waals surface area contributed by atoms with Crippen LogP contribution in [0.2, 0.25) is 0 Å². The number of guanidine groups is 1. The van der Waals surface area contributed by atoms with Crippen LogP contribution in [-0.4, -0.2) is 29.7 Å². The fourth-order valence-corrected chi connectivity index (χ4v) is 2.69. The van der Waals surface area contributed by atoms with Crippen LogP contribution in [0, 0.1) is 5.92 Å². The average molecular weight is 374 g/mol. The van der Waals surface area contributed by atoms with E-state index >= 15 is 0 Å². The molecule has 6 heteroatoms. The van der Waals surface area contributed by atoms with Crippen LogP contribution in [0.25, 0.3) is 0 Å². The molecule has 0 bridgehead atoms. The van der Waals surface area contributed by atoms with Crippen LogP contribution >= 0.6 is 24.0 Å². The van der Waals surface area contributed by atoms with Gasteiger partial charge in [-0.3, -0.25) is 0 Å². The van der Waals surface area contributed by atoms with E-state index in [-0.39, 0.29) is 24.0 Å². The van der Waals surface area contributed by atoms with Crippen molar-refractivity contribution in [2.75, 3.05) is 11.9 Å². The summed E-state index contributed by atoms with van der Waals surface area (Å²) in [6.07, 6.45) is 5.48. The summed E-state index contributed by atoms with van der Waals surface area (Å²) in [6, 6.07) is 5.97. The molecule has 0 radical (unpaired) electrons. The Bertz CT molecular complexity index is 440. The Kier molecular flexibility index (Phi) is 4.98. The lowest BCUT2D eigenvalue weighted by molar-refractivity contribution is -0.0937. The van der Waals surface area contributed by atoms with Crippen molar-refractivity contribution < 1.29 is 4.74 Å². The van der Waals surface area contributed by atoms with E-state index in [1.54, 1.807) is 6.20 Å². The van der Waals surface area contributed by atoms with Gasteiger partial charge in [0.2, 0.25) is 0 Å². The second-order valence-corrected chi connectivity index (χ2v) is 4.87. The number of aromatic nitrogens is 1. The van der Waals surface area contributed by atoms with Crippen LogP contribution in [-0.2, 0) is 4.74 Å². The third kappa shape index (κ3) is 3.36. The highest BCUT2D eigenvalue weighted by molar-refractivity contribution is 14.0. The standard InChI is InChI=1S/C13H18N4O.HI/c14-13(17-12-5-1-2-6-15-12)16-10-8-11-9(10)4-3-7-18-11;/h1-2,5-6,9-11H,3-4,7-8H2,(H3,14,15,16,17);1H. The lowest BCUT2D eigenvalue weighted by atomic mass is 9.73. The van der Waals surface area contributed by atoms with E-state index in [1.165, 1.54) is 6.42 Å². The SMILES string of the molecule is I.NC(=NC1CC2OCCCC12)Nc1ccccn1. The fraction of sp³-hybridized carbons (Fsp3) is 0.538. The minimum Gasteiger partial charge on any atom is -0.378 e. The number of hydrogen-bond acceptors (Lipinski definition) is 3. The van der Waals surface area contributed by atoms with Crippen molar-refractivity contribution in [2.45, 2.75) is 31.4 Å². The van der Waals surface area contributed by atoms with Gasteiger partial charge in [0.25, 0.3) is 0 Å². The van der Waals surface area contributed by atoms with Crippen LogP contribution < -0.4 is 11.1 Å². The van der Waals surface area contributed by atoms with Crippen molar-refractivity contribution in [2.24, 2.45) is 16.6 Å². The van der Waals surface area contributed by atoms with Crippen molar-refractivity contribution in [1.82, 2.24) is 4.98 Å². The quantitative estimate of drug-likeness (QED) is 0.472. The highest BCUT2D eigenvalue weighted by atomic mass is 127. The molecule has 1 aromatic rings. The minimum atomic E-state index is 0. The van der Waals surface area contributed by atoms with E-state index in [0.29, 0.717) is 24.0 Å². The highest BCUT2D eigenvalue weighted by Crippen LogP contribution is 2.39. The van der Waals surface area contributed by atoms with Crippen molar-refractivity contribution in [1.29, 1.82) is 0 Å². The van der Waals surface area contributed by atoms with Gasteiger partial charge < -0.3 is 15.8 Å². The molecule has 0 spiro atoms. The summed E-state index contributed by atoms with van der Waals surface area (Å²) in [5.41, 5.74) is 5.90. The van der Waals surface area contributed by atoms with Gasteiger partial charge in [0, 0.05) is 18.7 Å². The van der Waals surface area contributed by atoms with Gasteiger partial charge in [-0.2, -0.15) is 0 Å². The summed E-state index contributed by atoms with van der Waals surface area (Å²) in [5, 5.41) is 3.01. The summed E-state index contributed by atoms with van der Waals surface area (Å²) in [5.74, 6) is 1.74. The van der Waals surface area contributed by atoms with Crippen molar-refractivity contribution in [3.63, 3.8) is 0 Å². The Labute approximate surface area is 130 Å². The third-order valence-corrected chi connectivity index (χ3v) is 3.69. The molecule has 1 saturated heterocycles. The topological polar surface area (TPSA) is 72.5 Å². The number of aliphatic imine (C=N–C) groups is 1. The van der Waals surface area contributed by atoms with E-state index in [9.17, 15) is 0 Å². The maximum atomic E-state index is 5.90. The molecule has 1 saturated carbocycles.